The van der Waals surface area contributed by atoms with Crippen molar-refractivity contribution in [1.82, 2.24) is 4.90 Å². The Morgan fingerprint density at radius 1 is 1.12 bits per heavy atom. The summed E-state index contributed by atoms with van der Waals surface area (Å²) in [5.41, 5.74) is 3.37. The largest absolute Gasteiger partial charge is 0.340 e. The fourth-order valence-electron chi connectivity index (χ4n) is 4.09. The van der Waals surface area contributed by atoms with E-state index in [1.54, 1.807) is 6.92 Å². The third-order valence-corrected chi connectivity index (χ3v) is 5.58. The van der Waals surface area contributed by atoms with E-state index in [4.69, 9.17) is 0 Å². The number of hydrogen-bond acceptors (Lipinski definition) is 2. The molecule has 4 nitrogen and oxygen atoms in total. The fourth-order valence-corrected chi connectivity index (χ4v) is 4.09. The molecular weight excluding hydrogens is 324 g/mol. The molecule has 0 N–H and O–H groups in total. The number of carbonyl (C=O) groups excluding carboxylic acids is 2. The Morgan fingerprint density at radius 3 is 2.31 bits per heavy atom. The van der Waals surface area contributed by atoms with E-state index < -0.39 is 0 Å². The summed E-state index contributed by atoms with van der Waals surface area (Å²) in [5, 5.41) is 0. The van der Waals surface area contributed by atoms with Gasteiger partial charge in [-0.15, -0.1) is 0 Å². The lowest BCUT2D eigenvalue weighted by atomic mass is 9.99. The maximum atomic E-state index is 12.8. The minimum absolute atomic E-state index is 0.0130. The summed E-state index contributed by atoms with van der Waals surface area (Å²) < 4.78 is 0. The van der Waals surface area contributed by atoms with E-state index in [1.165, 1.54) is 17.5 Å². The standard InChI is InChI=1S/C22H34N2O2/c1-5-18-11-10-12-19(6-2)22(18)23(17(4)25)16-14-21(26)24-15-9-8-13-20(24)7-3/h10-12,20H,5-9,13-16H2,1-4H3. The highest BCUT2D eigenvalue weighted by atomic mass is 16.2. The smallest absolute Gasteiger partial charge is 0.224 e. The van der Waals surface area contributed by atoms with Crippen LogP contribution in [0.1, 0.15) is 70.9 Å². The number of likely N-dealkylation sites (tertiary alicyclic amines) is 1. The normalized spacial score (nSPS) is 17.2. The quantitative estimate of drug-likeness (QED) is 0.727. The molecule has 1 aromatic carbocycles. The first-order valence-electron chi connectivity index (χ1n) is 10.2. The molecule has 1 saturated heterocycles. The van der Waals surface area contributed by atoms with E-state index in [1.807, 2.05) is 9.80 Å². The van der Waals surface area contributed by atoms with Gasteiger partial charge in [0.25, 0.3) is 0 Å². The number of carbonyl (C=O) groups is 2. The van der Waals surface area contributed by atoms with Gasteiger partial charge in [-0.25, -0.2) is 0 Å². The molecule has 0 radical (unpaired) electrons. The molecule has 0 aromatic heterocycles. The summed E-state index contributed by atoms with van der Waals surface area (Å²) in [6.07, 6.45) is 6.59. The van der Waals surface area contributed by atoms with Crippen LogP contribution in [0.2, 0.25) is 0 Å². The summed E-state index contributed by atoms with van der Waals surface area (Å²) in [6.45, 7) is 9.31. The maximum absolute atomic E-state index is 12.8. The summed E-state index contributed by atoms with van der Waals surface area (Å²) in [5.74, 6) is 0.203. The summed E-state index contributed by atoms with van der Waals surface area (Å²) in [7, 11) is 0. The Balaban J connectivity index is 2.17. The molecule has 1 heterocycles. The van der Waals surface area contributed by atoms with Gasteiger partial charge in [-0.2, -0.15) is 0 Å². The van der Waals surface area contributed by atoms with Crippen molar-refractivity contribution in [2.75, 3.05) is 18.0 Å². The predicted molar refractivity (Wildman–Crippen MR) is 107 cm³/mol. The molecule has 0 saturated carbocycles. The molecular formula is C22H34N2O2. The number of hydrogen-bond donors (Lipinski definition) is 0. The molecule has 4 heteroatoms. The summed E-state index contributed by atoms with van der Waals surface area (Å²) in [6, 6.07) is 6.61. The van der Waals surface area contributed by atoms with Crippen molar-refractivity contribution in [3.63, 3.8) is 0 Å². The number of anilines is 1. The van der Waals surface area contributed by atoms with Crippen molar-refractivity contribution in [2.24, 2.45) is 0 Å². The second-order valence-corrected chi connectivity index (χ2v) is 7.20. The minimum atomic E-state index is 0.0130. The highest BCUT2D eigenvalue weighted by Gasteiger charge is 2.26. The number of aryl methyl sites for hydroxylation is 2. The van der Waals surface area contributed by atoms with Gasteiger partial charge >= 0.3 is 0 Å². The highest BCUT2D eigenvalue weighted by molar-refractivity contribution is 5.94. The van der Waals surface area contributed by atoms with Crippen LogP contribution in [-0.4, -0.2) is 35.8 Å². The lowest BCUT2D eigenvalue weighted by molar-refractivity contribution is -0.134. The van der Waals surface area contributed by atoms with Crippen molar-refractivity contribution >= 4 is 17.5 Å². The third kappa shape index (κ3) is 4.66. The van der Waals surface area contributed by atoms with Gasteiger partial charge in [-0.05, 0) is 49.7 Å². The van der Waals surface area contributed by atoms with Crippen LogP contribution in [0.15, 0.2) is 18.2 Å². The van der Waals surface area contributed by atoms with Crippen LogP contribution in [-0.2, 0) is 22.4 Å². The zero-order chi connectivity index (χ0) is 19.1. The van der Waals surface area contributed by atoms with Gasteiger partial charge in [-0.1, -0.05) is 39.0 Å². The van der Waals surface area contributed by atoms with Crippen LogP contribution < -0.4 is 4.90 Å². The molecule has 0 bridgehead atoms. The van der Waals surface area contributed by atoms with Crippen LogP contribution in [0.4, 0.5) is 5.69 Å². The molecule has 1 aliphatic heterocycles. The SMILES string of the molecule is CCc1cccc(CC)c1N(CCC(=O)N1CCCCC1CC)C(C)=O. The van der Waals surface area contributed by atoms with Crippen molar-refractivity contribution in [1.29, 1.82) is 0 Å². The van der Waals surface area contributed by atoms with Crippen LogP contribution in [0.3, 0.4) is 0 Å². The molecule has 2 rings (SSSR count). The topological polar surface area (TPSA) is 40.6 Å². The van der Waals surface area contributed by atoms with Crippen molar-refractivity contribution in [3.05, 3.63) is 29.3 Å². The molecule has 0 aliphatic carbocycles. The van der Waals surface area contributed by atoms with Gasteiger partial charge in [-0.3, -0.25) is 9.59 Å². The highest BCUT2D eigenvalue weighted by Crippen LogP contribution is 2.28. The van der Waals surface area contributed by atoms with E-state index in [0.29, 0.717) is 19.0 Å². The van der Waals surface area contributed by atoms with Gasteiger partial charge in [0, 0.05) is 38.2 Å². The Labute approximate surface area is 158 Å². The van der Waals surface area contributed by atoms with Crippen molar-refractivity contribution < 1.29 is 9.59 Å². The molecule has 144 valence electrons. The first-order valence-corrected chi connectivity index (χ1v) is 10.2. The van der Waals surface area contributed by atoms with Gasteiger partial charge in [0.1, 0.15) is 0 Å². The van der Waals surface area contributed by atoms with Crippen LogP contribution >= 0.6 is 0 Å². The number of nitrogens with zero attached hydrogens (tertiary/aromatic N) is 2. The Kier molecular flexibility index (Phi) is 7.67. The van der Waals surface area contributed by atoms with Crippen LogP contribution in [0.5, 0.6) is 0 Å². The Bertz CT molecular complexity index is 604. The number of para-hydroxylation sites is 1. The van der Waals surface area contributed by atoms with Crippen LogP contribution in [0.25, 0.3) is 0 Å². The van der Waals surface area contributed by atoms with Gasteiger partial charge in [0.15, 0.2) is 0 Å². The van der Waals surface area contributed by atoms with Gasteiger partial charge in [0.2, 0.25) is 11.8 Å². The van der Waals surface area contributed by atoms with E-state index in [-0.39, 0.29) is 11.8 Å². The average Bonchev–Trinajstić information content (AvgIpc) is 2.67. The third-order valence-electron chi connectivity index (χ3n) is 5.58. The summed E-state index contributed by atoms with van der Waals surface area (Å²) >= 11 is 0. The predicted octanol–water partition coefficient (Wildman–Crippen LogP) is 4.35. The van der Waals surface area contributed by atoms with E-state index >= 15 is 0 Å². The first kappa shape index (κ1) is 20.5. The lowest BCUT2D eigenvalue weighted by Crippen LogP contribution is -2.45. The van der Waals surface area contributed by atoms with Crippen molar-refractivity contribution in [2.45, 2.75) is 78.7 Å². The average molecular weight is 359 g/mol. The molecule has 1 aliphatic rings. The first-order chi connectivity index (χ1) is 12.5. The van der Waals surface area contributed by atoms with Gasteiger partial charge < -0.3 is 9.80 Å². The molecule has 1 fully saturated rings. The number of benzene rings is 1. The lowest BCUT2D eigenvalue weighted by Gasteiger charge is -2.36. The van der Waals surface area contributed by atoms with E-state index in [9.17, 15) is 9.59 Å². The number of amides is 2. The number of piperidine rings is 1. The number of rotatable bonds is 7. The Morgan fingerprint density at radius 2 is 1.77 bits per heavy atom. The monoisotopic (exact) mass is 358 g/mol. The molecule has 1 unspecified atom stereocenters. The van der Waals surface area contributed by atoms with E-state index in [0.717, 1.165) is 44.3 Å². The van der Waals surface area contributed by atoms with Crippen molar-refractivity contribution in [3.8, 4) is 0 Å². The molecule has 26 heavy (non-hydrogen) atoms. The molecule has 0 spiro atoms. The second-order valence-electron chi connectivity index (χ2n) is 7.20. The van der Waals surface area contributed by atoms with E-state index in [2.05, 4.69) is 39.0 Å². The van der Waals surface area contributed by atoms with Crippen LogP contribution in [0, 0.1) is 0 Å². The zero-order valence-electron chi connectivity index (χ0n) is 16.9. The Hall–Kier alpha value is -1.84. The molecule has 1 atom stereocenters. The fraction of sp³-hybridized carbons (Fsp3) is 0.636. The van der Waals surface area contributed by atoms with Gasteiger partial charge in [0.05, 0.1) is 0 Å². The minimum Gasteiger partial charge on any atom is -0.340 e. The molecule has 1 aromatic rings. The maximum Gasteiger partial charge on any atom is 0.224 e. The summed E-state index contributed by atoms with van der Waals surface area (Å²) in [4.78, 5) is 29.1. The zero-order valence-corrected chi connectivity index (χ0v) is 16.9. The second kappa shape index (κ2) is 9.75. The molecule has 2 amide bonds.